The normalized spacial score (nSPS) is 26.4. The second kappa shape index (κ2) is 8.74. The molecule has 1 N–H and O–H groups in total. The van der Waals surface area contributed by atoms with Crippen molar-refractivity contribution in [2.24, 2.45) is 5.92 Å². The van der Waals surface area contributed by atoms with Crippen molar-refractivity contribution in [1.82, 2.24) is 10.2 Å². The molecule has 2 saturated heterocycles. The van der Waals surface area contributed by atoms with E-state index in [1.807, 2.05) is 6.92 Å². The van der Waals surface area contributed by atoms with Crippen molar-refractivity contribution in [3.05, 3.63) is 0 Å². The molecule has 0 aromatic carbocycles. The molecule has 2 fully saturated rings. The molecule has 0 aromatic rings. The van der Waals surface area contributed by atoms with E-state index in [1.54, 1.807) is 7.11 Å². The fourth-order valence-electron chi connectivity index (χ4n) is 3.75. The number of methoxy groups -OCH3 is 1. The summed E-state index contributed by atoms with van der Waals surface area (Å²) in [6.45, 7) is 5.24. The number of nitrogens with one attached hydrogen (secondary N) is 1. The number of piperidine rings is 1. The average Bonchev–Trinajstić information content (AvgIpc) is 2.79. The van der Waals surface area contributed by atoms with Gasteiger partial charge in [0.1, 0.15) is 0 Å². The van der Waals surface area contributed by atoms with E-state index in [9.17, 15) is 4.79 Å². The Balaban J connectivity index is 1.95. The quantitative estimate of drug-likeness (QED) is 0.848. The van der Waals surface area contributed by atoms with Gasteiger partial charge in [0.25, 0.3) is 0 Å². The summed E-state index contributed by atoms with van der Waals surface area (Å²) in [4.78, 5) is 14.9. The molecule has 0 radical (unpaired) electrons. The number of hydrogen-bond donors (Lipinski definition) is 1. The minimum atomic E-state index is 0.179. The van der Waals surface area contributed by atoms with Gasteiger partial charge in [-0.05, 0) is 58.0 Å². The van der Waals surface area contributed by atoms with Gasteiger partial charge in [0, 0.05) is 26.1 Å². The van der Waals surface area contributed by atoms with Crippen molar-refractivity contribution >= 4 is 5.91 Å². The highest BCUT2D eigenvalue weighted by molar-refractivity contribution is 5.76. The maximum atomic E-state index is 12.7. The van der Waals surface area contributed by atoms with Gasteiger partial charge in [0.15, 0.2) is 0 Å². The van der Waals surface area contributed by atoms with Gasteiger partial charge in [-0.2, -0.15) is 0 Å². The second-order valence-electron chi connectivity index (χ2n) is 6.68. The fraction of sp³-hybridized carbons (Fsp3) is 0.941. The molecular weight excluding hydrogens is 264 g/mol. The summed E-state index contributed by atoms with van der Waals surface area (Å²) in [7, 11) is 1.72. The topological polar surface area (TPSA) is 41.6 Å². The molecule has 2 rings (SSSR count). The minimum absolute atomic E-state index is 0.179. The fourth-order valence-corrected chi connectivity index (χ4v) is 3.75. The van der Waals surface area contributed by atoms with Crippen LogP contribution < -0.4 is 5.32 Å². The van der Waals surface area contributed by atoms with E-state index in [0.717, 1.165) is 26.1 Å². The lowest BCUT2D eigenvalue weighted by Gasteiger charge is -2.38. The van der Waals surface area contributed by atoms with Gasteiger partial charge in [0.2, 0.25) is 5.91 Å². The largest absolute Gasteiger partial charge is 0.382 e. The van der Waals surface area contributed by atoms with Crippen LogP contribution in [0.4, 0.5) is 0 Å². The van der Waals surface area contributed by atoms with E-state index in [4.69, 9.17) is 4.74 Å². The van der Waals surface area contributed by atoms with Crippen molar-refractivity contribution in [3.63, 3.8) is 0 Å². The van der Waals surface area contributed by atoms with E-state index in [0.29, 0.717) is 24.3 Å². The Hall–Kier alpha value is -0.610. The van der Waals surface area contributed by atoms with Crippen molar-refractivity contribution in [1.29, 1.82) is 0 Å². The number of hydrogen-bond acceptors (Lipinski definition) is 3. The molecule has 0 spiro atoms. The number of likely N-dealkylation sites (tertiary alicyclic amines) is 1. The van der Waals surface area contributed by atoms with E-state index < -0.39 is 0 Å². The molecule has 2 aliphatic heterocycles. The summed E-state index contributed by atoms with van der Waals surface area (Å²) in [5.74, 6) is 1.05. The molecule has 4 heteroatoms. The maximum Gasteiger partial charge on any atom is 0.222 e. The third-order valence-electron chi connectivity index (χ3n) is 5.21. The van der Waals surface area contributed by atoms with Crippen LogP contribution in [0.1, 0.15) is 58.3 Å². The van der Waals surface area contributed by atoms with E-state index >= 15 is 0 Å². The lowest BCUT2D eigenvalue weighted by atomic mass is 9.86. The Labute approximate surface area is 129 Å². The Morgan fingerprint density at radius 2 is 2.00 bits per heavy atom. The van der Waals surface area contributed by atoms with Crippen molar-refractivity contribution in [2.45, 2.75) is 70.4 Å². The summed E-state index contributed by atoms with van der Waals surface area (Å²) in [6.07, 6.45) is 9.04. The molecule has 0 aromatic heterocycles. The molecule has 2 unspecified atom stereocenters. The van der Waals surface area contributed by atoms with Crippen LogP contribution in [0.5, 0.6) is 0 Å². The zero-order valence-electron chi connectivity index (χ0n) is 13.8. The molecule has 0 saturated carbocycles. The first-order valence-electron chi connectivity index (χ1n) is 8.75. The first-order valence-corrected chi connectivity index (χ1v) is 8.75. The van der Waals surface area contributed by atoms with Crippen LogP contribution >= 0.6 is 0 Å². The molecule has 122 valence electrons. The van der Waals surface area contributed by atoms with Crippen molar-refractivity contribution < 1.29 is 9.53 Å². The number of amides is 1. The lowest BCUT2D eigenvalue weighted by molar-refractivity contribution is -0.135. The Morgan fingerprint density at radius 3 is 2.71 bits per heavy atom. The van der Waals surface area contributed by atoms with Crippen LogP contribution in [0.3, 0.4) is 0 Å². The molecule has 2 aliphatic rings. The minimum Gasteiger partial charge on any atom is -0.382 e. The van der Waals surface area contributed by atoms with Crippen LogP contribution in [-0.2, 0) is 9.53 Å². The Bertz CT molecular complexity index is 316. The number of ether oxygens (including phenoxy) is 1. The molecule has 4 nitrogen and oxygen atoms in total. The van der Waals surface area contributed by atoms with Gasteiger partial charge in [-0.25, -0.2) is 0 Å². The first-order chi connectivity index (χ1) is 10.2. The monoisotopic (exact) mass is 296 g/mol. The molecule has 0 bridgehead atoms. The lowest BCUT2D eigenvalue weighted by Crippen LogP contribution is -2.47. The maximum absolute atomic E-state index is 12.7. The van der Waals surface area contributed by atoms with Gasteiger partial charge in [-0.1, -0.05) is 12.8 Å². The SMILES string of the molecule is COC(C)CCC(=O)N1CCCCCC1C1CCNCC1. The highest BCUT2D eigenvalue weighted by atomic mass is 16.5. The summed E-state index contributed by atoms with van der Waals surface area (Å²) < 4.78 is 5.28. The Morgan fingerprint density at radius 1 is 1.24 bits per heavy atom. The molecule has 2 heterocycles. The highest BCUT2D eigenvalue weighted by Crippen LogP contribution is 2.29. The van der Waals surface area contributed by atoms with E-state index in [1.165, 1.54) is 38.5 Å². The predicted octanol–water partition coefficient (Wildman–Crippen LogP) is 2.57. The van der Waals surface area contributed by atoms with Gasteiger partial charge < -0.3 is 15.0 Å². The van der Waals surface area contributed by atoms with Crippen molar-refractivity contribution in [2.75, 3.05) is 26.7 Å². The number of rotatable bonds is 5. The van der Waals surface area contributed by atoms with Crippen LogP contribution in [-0.4, -0.2) is 49.7 Å². The van der Waals surface area contributed by atoms with Gasteiger partial charge in [-0.15, -0.1) is 0 Å². The average molecular weight is 296 g/mol. The summed E-state index contributed by atoms with van der Waals surface area (Å²) in [6, 6.07) is 0.486. The molecular formula is C17H32N2O2. The van der Waals surface area contributed by atoms with Crippen LogP contribution in [0.25, 0.3) is 0 Å². The number of carbonyl (C=O) groups excluding carboxylic acids is 1. The highest BCUT2D eigenvalue weighted by Gasteiger charge is 2.32. The smallest absolute Gasteiger partial charge is 0.222 e. The number of nitrogens with zero attached hydrogens (tertiary/aromatic N) is 1. The molecule has 21 heavy (non-hydrogen) atoms. The zero-order valence-corrected chi connectivity index (χ0v) is 13.8. The van der Waals surface area contributed by atoms with Crippen LogP contribution in [0.2, 0.25) is 0 Å². The second-order valence-corrected chi connectivity index (χ2v) is 6.68. The predicted molar refractivity (Wildman–Crippen MR) is 85.3 cm³/mol. The third-order valence-corrected chi connectivity index (χ3v) is 5.21. The summed E-state index contributed by atoms with van der Waals surface area (Å²) in [5.41, 5.74) is 0. The molecule has 2 atom stereocenters. The summed E-state index contributed by atoms with van der Waals surface area (Å²) in [5, 5.41) is 3.44. The summed E-state index contributed by atoms with van der Waals surface area (Å²) >= 11 is 0. The molecule has 0 aliphatic carbocycles. The van der Waals surface area contributed by atoms with Gasteiger partial charge in [0.05, 0.1) is 6.10 Å². The first kappa shape index (κ1) is 16.8. The molecule has 1 amide bonds. The van der Waals surface area contributed by atoms with Crippen LogP contribution in [0, 0.1) is 5.92 Å². The zero-order chi connectivity index (χ0) is 15.1. The van der Waals surface area contributed by atoms with Gasteiger partial charge >= 0.3 is 0 Å². The Kier molecular flexibility index (Phi) is 6.97. The number of carbonyl (C=O) groups is 1. The standard InChI is InChI=1S/C17H32N2O2/c1-14(21-2)7-8-17(20)19-13-5-3-4-6-16(19)15-9-11-18-12-10-15/h14-16,18H,3-13H2,1-2H3. The van der Waals surface area contributed by atoms with E-state index in [-0.39, 0.29) is 6.10 Å². The van der Waals surface area contributed by atoms with Crippen molar-refractivity contribution in [3.8, 4) is 0 Å². The van der Waals surface area contributed by atoms with Crippen LogP contribution in [0.15, 0.2) is 0 Å². The van der Waals surface area contributed by atoms with Gasteiger partial charge in [-0.3, -0.25) is 4.79 Å². The van der Waals surface area contributed by atoms with E-state index in [2.05, 4.69) is 10.2 Å². The third kappa shape index (κ3) is 4.96.